The number of carbonyl (C=O) groups is 2. The molecule has 0 saturated carbocycles. The van der Waals surface area contributed by atoms with Crippen molar-refractivity contribution < 1.29 is 23.1 Å². The second-order valence-corrected chi connectivity index (χ2v) is 6.01. The van der Waals surface area contributed by atoms with Gasteiger partial charge < -0.3 is 4.74 Å². The summed E-state index contributed by atoms with van der Waals surface area (Å²) in [6.45, 7) is 3.57. The zero-order valence-electron chi connectivity index (χ0n) is 11.7. The van der Waals surface area contributed by atoms with Crippen molar-refractivity contribution in [1.82, 2.24) is 0 Å². The van der Waals surface area contributed by atoms with Crippen molar-refractivity contribution in [3.8, 4) is 0 Å². The molecule has 0 fully saturated rings. The van der Waals surface area contributed by atoms with Crippen molar-refractivity contribution in [1.29, 1.82) is 0 Å². The summed E-state index contributed by atoms with van der Waals surface area (Å²) >= 11 is 5.79. The first-order valence-corrected chi connectivity index (χ1v) is 6.95. The molecule has 1 atom stereocenters. The summed E-state index contributed by atoms with van der Waals surface area (Å²) in [6, 6.07) is 4.32. The molecule has 0 radical (unpaired) electrons. The van der Waals surface area contributed by atoms with Crippen LogP contribution in [0.15, 0.2) is 18.2 Å². The summed E-state index contributed by atoms with van der Waals surface area (Å²) in [5.74, 6) is -2.08. The summed E-state index contributed by atoms with van der Waals surface area (Å²) < 4.78 is 32.0. The van der Waals surface area contributed by atoms with E-state index in [0.717, 1.165) is 0 Å². The molecule has 6 heteroatoms. The predicted octanol–water partition coefficient (Wildman–Crippen LogP) is 3.53. The highest BCUT2D eigenvalue weighted by atomic mass is 35.5. The highest BCUT2D eigenvalue weighted by Crippen LogP contribution is 2.43. The molecule has 1 aliphatic rings. The average molecular weight is 317 g/mol. The van der Waals surface area contributed by atoms with Crippen molar-refractivity contribution in [3.05, 3.63) is 34.3 Å². The normalized spacial score (nSPS) is 21.0. The Morgan fingerprint density at radius 1 is 1.43 bits per heavy atom. The second-order valence-electron chi connectivity index (χ2n) is 5.57. The van der Waals surface area contributed by atoms with Crippen molar-refractivity contribution in [3.63, 3.8) is 0 Å². The molecule has 1 aliphatic carbocycles. The monoisotopic (exact) mass is 316 g/mol. The molecule has 0 aliphatic heterocycles. The van der Waals surface area contributed by atoms with E-state index < -0.39 is 23.6 Å². The smallest absolute Gasteiger partial charge is 0.326 e. The first-order valence-electron chi connectivity index (χ1n) is 6.57. The molecule has 1 aromatic carbocycles. The number of alkyl halides is 2. The number of fused-ring (bicyclic) bond motifs is 1. The van der Waals surface area contributed by atoms with E-state index in [1.807, 2.05) is 0 Å². The molecule has 1 aromatic rings. The van der Waals surface area contributed by atoms with E-state index in [2.05, 4.69) is 0 Å². The van der Waals surface area contributed by atoms with Crippen molar-refractivity contribution in [2.75, 3.05) is 6.61 Å². The van der Waals surface area contributed by atoms with Crippen LogP contribution in [-0.4, -0.2) is 24.8 Å². The maximum Gasteiger partial charge on any atom is 0.326 e. The molecule has 0 heterocycles. The van der Waals surface area contributed by atoms with E-state index in [-0.39, 0.29) is 29.5 Å². The number of carbonyl (C=O) groups excluding carboxylic acids is 2. The van der Waals surface area contributed by atoms with E-state index in [4.69, 9.17) is 16.3 Å². The zero-order valence-corrected chi connectivity index (χ0v) is 12.4. The van der Waals surface area contributed by atoms with Gasteiger partial charge in [-0.15, -0.1) is 0 Å². The van der Waals surface area contributed by atoms with Gasteiger partial charge in [0, 0.05) is 17.0 Å². The lowest BCUT2D eigenvalue weighted by Crippen LogP contribution is -2.45. The fourth-order valence-electron chi connectivity index (χ4n) is 2.34. The summed E-state index contributed by atoms with van der Waals surface area (Å²) in [5, 5.41) is 0.266. The van der Waals surface area contributed by atoms with E-state index in [1.54, 1.807) is 13.8 Å². The Kier molecular flexibility index (Phi) is 4.33. The summed E-state index contributed by atoms with van der Waals surface area (Å²) in [7, 11) is 0. The molecule has 0 amide bonds. The first kappa shape index (κ1) is 15.9. The van der Waals surface area contributed by atoms with Crippen LogP contribution >= 0.6 is 11.6 Å². The molecule has 0 bridgehead atoms. The Morgan fingerprint density at radius 3 is 2.67 bits per heavy atom. The molecular formula is C15H15ClF2O3. The molecular weight excluding hydrogens is 302 g/mol. The maximum atomic E-state index is 13.5. The van der Waals surface area contributed by atoms with E-state index in [1.165, 1.54) is 18.2 Å². The van der Waals surface area contributed by atoms with Crippen LogP contribution in [0, 0.1) is 11.3 Å². The van der Waals surface area contributed by atoms with E-state index in [0.29, 0.717) is 5.56 Å². The lowest BCUT2D eigenvalue weighted by Gasteiger charge is -2.24. The average Bonchev–Trinajstić information content (AvgIpc) is 2.70. The fourth-order valence-corrected chi connectivity index (χ4v) is 2.51. The SMILES string of the molecule is CC(C)COC(=O)C1(C(F)F)Cc2ccc(Cl)cc2C1=O. The van der Waals surface area contributed by atoms with Crippen LogP contribution < -0.4 is 0 Å². The number of esters is 1. The van der Waals surface area contributed by atoms with Gasteiger partial charge in [0.05, 0.1) is 6.61 Å². The predicted molar refractivity (Wildman–Crippen MR) is 73.7 cm³/mol. The molecule has 2 rings (SSSR count). The Labute approximate surface area is 126 Å². The van der Waals surface area contributed by atoms with Crippen LogP contribution in [0.5, 0.6) is 0 Å². The molecule has 0 N–H and O–H groups in total. The molecule has 114 valence electrons. The standard InChI is InChI=1S/C15H15ClF2O3/c1-8(2)7-21-14(20)15(13(17)18)6-9-3-4-10(16)5-11(9)12(15)19/h3-5,8,13H,6-7H2,1-2H3. The minimum Gasteiger partial charge on any atom is -0.464 e. The van der Waals surface area contributed by atoms with Crippen LogP contribution in [0.25, 0.3) is 0 Å². The van der Waals surface area contributed by atoms with Crippen LogP contribution in [0.3, 0.4) is 0 Å². The Balaban J connectivity index is 2.38. The van der Waals surface area contributed by atoms with Gasteiger partial charge >= 0.3 is 5.97 Å². The second kappa shape index (κ2) is 5.72. The topological polar surface area (TPSA) is 43.4 Å². The number of ketones is 1. The van der Waals surface area contributed by atoms with Crippen LogP contribution in [-0.2, 0) is 16.0 Å². The number of Topliss-reactive ketones (excluding diaryl/α,β-unsaturated/α-hetero) is 1. The third-order valence-corrected chi connectivity index (χ3v) is 3.71. The highest BCUT2D eigenvalue weighted by molar-refractivity contribution is 6.31. The van der Waals surface area contributed by atoms with Crippen LogP contribution in [0.2, 0.25) is 5.02 Å². The largest absolute Gasteiger partial charge is 0.464 e. The number of benzene rings is 1. The highest BCUT2D eigenvalue weighted by Gasteiger charge is 2.59. The van der Waals surface area contributed by atoms with Crippen molar-refractivity contribution in [2.24, 2.45) is 11.3 Å². The van der Waals surface area contributed by atoms with E-state index in [9.17, 15) is 18.4 Å². The third-order valence-electron chi connectivity index (χ3n) is 3.48. The van der Waals surface area contributed by atoms with Gasteiger partial charge in [-0.25, -0.2) is 8.78 Å². The van der Waals surface area contributed by atoms with Gasteiger partial charge in [0.25, 0.3) is 6.43 Å². The number of rotatable bonds is 4. The lowest BCUT2D eigenvalue weighted by molar-refractivity contribution is -0.161. The summed E-state index contributed by atoms with van der Waals surface area (Å²) in [6.07, 6.45) is -3.48. The van der Waals surface area contributed by atoms with Crippen molar-refractivity contribution >= 4 is 23.4 Å². The number of hydrogen-bond donors (Lipinski definition) is 0. The Morgan fingerprint density at radius 2 is 2.10 bits per heavy atom. The molecule has 21 heavy (non-hydrogen) atoms. The van der Waals surface area contributed by atoms with Crippen LogP contribution in [0.4, 0.5) is 8.78 Å². The molecule has 0 saturated heterocycles. The van der Waals surface area contributed by atoms with Crippen LogP contribution in [0.1, 0.15) is 29.8 Å². The van der Waals surface area contributed by atoms with Gasteiger partial charge in [-0.1, -0.05) is 31.5 Å². The molecule has 0 aromatic heterocycles. The number of hydrogen-bond acceptors (Lipinski definition) is 3. The quantitative estimate of drug-likeness (QED) is 0.630. The van der Waals surface area contributed by atoms with Gasteiger partial charge in [0.1, 0.15) is 0 Å². The van der Waals surface area contributed by atoms with Gasteiger partial charge in [-0.05, 0) is 23.6 Å². The maximum absolute atomic E-state index is 13.5. The lowest BCUT2D eigenvalue weighted by atomic mass is 9.84. The van der Waals surface area contributed by atoms with Gasteiger partial charge in [-0.3, -0.25) is 9.59 Å². The third kappa shape index (κ3) is 2.67. The molecule has 3 nitrogen and oxygen atoms in total. The Bertz CT molecular complexity index is 586. The fraction of sp³-hybridized carbons (Fsp3) is 0.467. The van der Waals surface area contributed by atoms with Gasteiger partial charge in [0.2, 0.25) is 0 Å². The first-order chi connectivity index (χ1) is 9.79. The minimum atomic E-state index is -3.13. The van der Waals surface area contributed by atoms with Gasteiger partial charge in [-0.2, -0.15) is 0 Å². The number of halogens is 3. The Hall–Kier alpha value is -1.49. The van der Waals surface area contributed by atoms with Gasteiger partial charge in [0.15, 0.2) is 11.2 Å². The van der Waals surface area contributed by atoms with E-state index >= 15 is 0 Å². The summed E-state index contributed by atoms with van der Waals surface area (Å²) in [4.78, 5) is 24.5. The minimum absolute atomic E-state index is 0.00230. The zero-order chi connectivity index (χ0) is 15.8. The molecule has 1 unspecified atom stereocenters. The molecule has 0 spiro atoms. The number of ether oxygens (including phenoxy) is 1. The summed E-state index contributed by atoms with van der Waals surface area (Å²) in [5.41, 5.74) is -1.97. The van der Waals surface area contributed by atoms with Crippen molar-refractivity contribution in [2.45, 2.75) is 26.7 Å².